The van der Waals surface area contributed by atoms with Crippen LogP contribution in [0.3, 0.4) is 0 Å². The lowest BCUT2D eigenvalue weighted by atomic mass is 9.97. The van der Waals surface area contributed by atoms with Crippen molar-refractivity contribution < 1.29 is 71.7 Å². The van der Waals surface area contributed by atoms with Gasteiger partial charge < -0.3 is 52.5 Å². The molecule has 0 aromatic heterocycles. The third-order valence-corrected chi connectivity index (χ3v) is 11.6. The van der Waals surface area contributed by atoms with Crippen molar-refractivity contribution in [3.8, 4) is 23.0 Å². The summed E-state index contributed by atoms with van der Waals surface area (Å²) in [5.74, 6) is -2.07. The lowest BCUT2D eigenvalue weighted by molar-refractivity contribution is -0.302. The molecule has 1 N–H and O–H groups in total. The second-order valence-corrected chi connectivity index (χ2v) is 16.5. The maximum absolute atomic E-state index is 14.2. The molecule has 7 aromatic rings. The molecule has 1 aliphatic rings. The maximum atomic E-state index is 14.2. The summed E-state index contributed by atoms with van der Waals surface area (Å²) >= 11 is 0. The molecule has 15 heteroatoms. The van der Waals surface area contributed by atoms with Crippen LogP contribution in [0.25, 0.3) is 0 Å². The minimum absolute atomic E-state index is 0.111. The van der Waals surface area contributed by atoms with Gasteiger partial charge in [0, 0.05) is 0 Å². The van der Waals surface area contributed by atoms with Crippen molar-refractivity contribution in [2.24, 2.45) is 0 Å². The Bertz CT molecular complexity index is 2890. The number of carbonyl (C=O) groups is 4. The van der Waals surface area contributed by atoms with Crippen molar-refractivity contribution in [3.05, 3.63) is 228 Å². The van der Waals surface area contributed by atoms with E-state index in [9.17, 15) is 24.3 Å². The number of ether oxygens (including phenoxy) is 10. The number of aliphatic hydroxyl groups excluding tert-OH is 1. The summed E-state index contributed by atoms with van der Waals surface area (Å²) in [6.07, 6.45) is -10.9. The average Bonchev–Trinajstić information content (AvgIpc) is 3.45. The fraction of sp³-hybridized carbons (Fsp3) is 0.207. The molecule has 0 spiro atoms. The van der Waals surface area contributed by atoms with Gasteiger partial charge in [-0.1, -0.05) is 121 Å². The van der Waals surface area contributed by atoms with Crippen LogP contribution in [0.2, 0.25) is 0 Å². The van der Waals surface area contributed by atoms with Crippen molar-refractivity contribution in [1.82, 2.24) is 0 Å². The van der Waals surface area contributed by atoms with Crippen LogP contribution in [0.1, 0.15) is 58.7 Å². The zero-order valence-corrected chi connectivity index (χ0v) is 39.8. The van der Waals surface area contributed by atoms with E-state index in [0.717, 1.165) is 5.56 Å². The molecule has 1 aliphatic heterocycles. The van der Waals surface area contributed by atoms with Gasteiger partial charge in [0.1, 0.15) is 25.4 Å². The first-order chi connectivity index (χ1) is 35.7. The molecule has 73 heavy (non-hydrogen) atoms. The van der Waals surface area contributed by atoms with Gasteiger partial charge in [0.25, 0.3) is 0 Å². The Morgan fingerprint density at radius 3 is 1.51 bits per heavy atom. The Hall–Kier alpha value is -8.50. The first kappa shape index (κ1) is 50.9. The van der Waals surface area contributed by atoms with E-state index < -0.39 is 80.0 Å². The van der Waals surface area contributed by atoms with Crippen molar-refractivity contribution in [1.29, 1.82) is 0 Å². The highest BCUT2D eigenvalue weighted by Gasteiger charge is 2.54. The van der Waals surface area contributed by atoms with E-state index in [1.807, 2.05) is 30.3 Å². The van der Waals surface area contributed by atoms with E-state index in [-0.39, 0.29) is 34.6 Å². The molecule has 1 saturated heterocycles. The molecule has 0 amide bonds. The zero-order valence-electron chi connectivity index (χ0n) is 39.8. The third-order valence-electron chi connectivity index (χ3n) is 11.6. The molecular weight excluding hydrogens is 937 g/mol. The molecule has 0 saturated carbocycles. The maximum Gasteiger partial charge on any atom is 0.338 e. The predicted molar refractivity (Wildman–Crippen MR) is 264 cm³/mol. The van der Waals surface area contributed by atoms with Crippen LogP contribution in [0, 0.1) is 0 Å². The molecule has 8 rings (SSSR count). The van der Waals surface area contributed by atoms with Gasteiger partial charge in [-0.15, -0.1) is 0 Å². The number of methoxy groups -OCH3 is 2. The molecule has 7 aromatic carbocycles. The van der Waals surface area contributed by atoms with Crippen LogP contribution in [0.5, 0.6) is 23.0 Å². The molecule has 1 fully saturated rings. The second kappa shape index (κ2) is 25.1. The largest absolute Gasteiger partial charge is 0.493 e. The number of aliphatic hydroxyl groups is 1. The van der Waals surface area contributed by atoms with Gasteiger partial charge in [0.05, 0.1) is 43.1 Å². The Labute approximate surface area is 421 Å². The van der Waals surface area contributed by atoms with E-state index in [4.69, 9.17) is 47.4 Å². The van der Waals surface area contributed by atoms with Gasteiger partial charge in [-0.25, -0.2) is 19.2 Å². The predicted octanol–water partition coefficient (Wildman–Crippen LogP) is 9.04. The minimum atomic E-state index is -1.71. The molecule has 0 radical (unpaired) electrons. The van der Waals surface area contributed by atoms with E-state index in [0.29, 0.717) is 22.8 Å². The van der Waals surface area contributed by atoms with Crippen molar-refractivity contribution in [3.63, 3.8) is 0 Å². The topological polar surface area (TPSA) is 181 Å². The number of hydrogen-bond donors (Lipinski definition) is 1. The Balaban J connectivity index is 1.18. The lowest BCUT2D eigenvalue weighted by Gasteiger charge is -2.44. The van der Waals surface area contributed by atoms with Gasteiger partial charge in [-0.2, -0.15) is 0 Å². The summed E-state index contributed by atoms with van der Waals surface area (Å²) in [5.41, 5.74) is 1.83. The van der Waals surface area contributed by atoms with E-state index in [1.165, 1.54) is 50.6 Å². The van der Waals surface area contributed by atoms with Crippen LogP contribution in [-0.2, 0) is 35.0 Å². The van der Waals surface area contributed by atoms with E-state index in [1.54, 1.807) is 127 Å². The molecule has 0 aliphatic carbocycles. The standard InChI is InChI=1S/C58H52O15/c1-64-44-30-18-19-31-46(44)69-48(50(59)43-32-33-45(47(34-43)65-2)66-35-38-20-8-3-9-21-38)36-68-58-53(73-57(63)42-28-16-7-17-29-42)52(72-56(62)41-26-14-6-15-27-41)51(71-55(61)40-24-12-5-13-25-40)49(70-58)37-67-54(60)39-22-10-4-11-23-39/h3-34,48-53,58-59H,35-37H2,1-2H3/t48-,49-,50+,51-,52+,53-,58-/m1/s1. The normalized spacial score (nSPS) is 17.9. The number of esters is 4. The van der Waals surface area contributed by atoms with E-state index >= 15 is 0 Å². The minimum Gasteiger partial charge on any atom is -0.493 e. The third kappa shape index (κ3) is 13.3. The number of para-hydroxylation sites is 2. The molecule has 7 atom stereocenters. The second-order valence-electron chi connectivity index (χ2n) is 16.5. The SMILES string of the molecule is COc1cc([C@H](O)[C@@H](CO[C@@H]2O[C@H](COC(=O)c3ccccc3)[C@@H](OC(=O)c3ccccc3)[C@H](OC(=O)c3ccccc3)[C@H]2OC(=O)c2ccccc2)Oc2ccccc2OC)ccc1OCc1ccccc1. The van der Waals surface area contributed by atoms with Crippen LogP contribution in [0.4, 0.5) is 0 Å². The van der Waals surface area contributed by atoms with Crippen molar-refractivity contribution in [2.75, 3.05) is 27.4 Å². The highest BCUT2D eigenvalue weighted by molar-refractivity contribution is 5.91. The summed E-state index contributed by atoms with van der Waals surface area (Å²) in [6, 6.07) is 53.5. The van der Waals surface area contributed by atoms with Gasteiger partial charge in [0.2, 0.25) is 0 Å². The molecule has 0 unspecified atom stereocenters. The summed E-state index contributed by atoms with van der Waals surface area (Å²) in [7, 11) is 2.94. The smallest absolute Gasteiger partial charge is 0.338 e. The van der Waals surface area contributed by atoms with Crippen LogP contribution in [-0.4, -0.2) is 93.2 Å². The van der Waals surface area contributed by atoms with E-state index in [2.05, 4.69) is 0 Å². The summed E-state index contributed by atoms with van der Waals surface area (Å²) in [6.45, 7) is -0.839. The molecule has 0 bridgehead atoms. The lowest BCUT2D eigenvalue weighted by Crippen LogP contribution is -2.63. The summed E-state index contributed by atoms with van der Waals surface area (Å²) < 4.78 is 61.5. The molecule has 15 nitrogen and oxygen atoms in total. The fourth-order valence-electron chi connectivity index (χ4n) is 7.86. The highest BCUT2D eigenvalue weighted by Crippen LogP contribution is 2.37. The molecular formula is C58H52O15. The molecule has 374 valence electrons. The van der Waals surface area contributed by atoms with Gasteiger partial charge >= 0.3 is 23.9 Å². The average molecular weight is 989 g/mol. The Morgan fingerprint density at radius 1 is 0.507 bits per heavy atom. The Morgan fingerprint density at radius 2 is 0.973 bits per heavy atom. The number of rotatable bonds is 21. The van der Waals surface area contributed by atoms with Gasteiger partial charge in [0.15, 0.2) is 53.7 Å². The first-order valence-corrected chi connectivity index (χ1v) is 23.3. The van der Waals surface area contributed by atoms with Crippen molar-refractivity contribution in [2.45, 2.75) is 49.5 Å². The zero-order chi connectivity index (χ0) is 50.9. The fourth-order valence-corrected chi connectivity index (χ4v) is 7.86. The first-order valence-electron chi connectivity index (χ1n) is 23.3. The Kier molecular flexibility index (Phi) is 17.5. The van der Waals surface area contributed by atoms with Gasteiger partial charge in [-0.3, -0.25) is 0 Å². The number of carbonyl (C=O) groups excluding carboxylic acids is 4. The summed E-state index contributed by atoms with van der Waals surface area (Å²) in [4.78, 5) is 55.9. The quantitative estimate of drug-likeness (QED) is 0.0532. The number of benzene rings is 7. The summed E-state index contributed by atoms with van der Waals surface area (Å²) in [5, 5.41) is 12.3. The number of hydrogen-bond acceptors (Lipinski definition) is 15. The molecule has 1 heterocycles. The van der Waals surface area contributed by atoms with Crippen LogP contribution < -0.4 is 18.9 Å². The monoisotopic (exact) mass is 988 g/mol. The van der Waals surface area contributed by atoms with Crippen molar-refractivity contribution >= 4 is 23.9 Å². The van der Waals surface area contributed by atoms with Crippen LogP contribution in [0.15, 0.2) is 194 Å². The van der Waals surface area contributed by atoms with Crippen LogP contribution >= 0.6 is 0 Å². The highest BCUT2D eigenvalue weighted by atomic mass is 16.7. The van der Waals surface area contributed by atoms with Gasteiger partial charge in [-0.05, 0) is 83.9 Å².